The predicted octanol–water partition coefficient (Wildman–Crippen LogP) is 2.10. The van der Waals surface area contributed by atoms with E-state index in [0.29, 0.717) is 11.0 Å². The van der Waals surface area contributed by atoms with Gasteiger partial charge in [-0.3, -0.25) is 5.21 Å². The number of methoxy groups -OCH3 is 1. The van der Waals surface area contributed by atoms with E-state index in [1.54, 1.807) is 7.11 Å². The number of nitrogens with two attached hydrogens (primary N) is 1. The number of hydrogen-bond acceptors (Lipinski definition) is 3. The first-order valence-electron chi connectivity index (χ1n) is 6.03. The third kappa shape index (κ3) is 2.56. The highest BCUT2D eigenvalue weighted by molar-refractivity contribution is 5.70. The van der Waals surface area contributed by atoms with E-state index in [4.69, 9.17) is 10.5 Å². The number of carbonyl (C=O) groups is 1. The van der Waals surface area contributed by atoms with Gasteiger partial charge in [-0.25, -0.2) is 9.86 Å². The van der Waals surface area contributed by atoms with Gasteiger partial charge in [0, 0.05) is 0 Å². The quantitative estimate of drug-likeness (QED) is 0.637. The number of ether oxygens (including phenoxy) is 1. The summed E-state index contributed by atoms with van der Waals surface area (Å²) in [5.41, 5.74) is 6.26. The molecule has 0 unspecified atom stereocenters. The standard InChI is InChI=1S/C13H18N2O3/c1-18-12-6-3-9(4-7-12)10-2-5-11(8-10)15(17)13(14)16/h3-4,6-7,10-11,17H,2,5,8H2,1H3,(H2,14,16)/t10-,11-/m1/s1. The van der Waals surface area contributed by atoms with Gasteiger partial charge in [0.25, 0.3) is 0 Å². The highest BCUT2D eigenvalue weighted by Gasteiger charge is 2.31. The molecule has 0 aliphatic heterocycles. The van der Waals surface area contributed by atoms with E-state index < -0.39 is 6.03 Å². The number of hydroxylamine groups is 2. The van der Waals surface area contributed by atoms with E-state index in [1.165, 1.54) is 5.56 Å². The molecule has 0 bridgehead atoms. The van der Waals surface area contributed by atoms with Crippen LogP contribution in [0.3, 0.4) is 0 Å². The zero-order valence-corrected chi connectivity index (χ0v) is 10.4. The molecule has 1 saturated carbocycles. The molecule has 1 aliphatic rings. The predicted molar refractivity (Wildman–Crippen MR) is 66.6 cm³/mol. The van der Waals surface area contributed by atoms with Crippen LogP contribution in [0.5, 0.6) is 5.75 Å². The second-order valence-electron chi connectivity index (χ2n) is 4.62. The van der Waals surface area contributed by atoms with Crippen LogP contribution in [-0.4, -0.2) is 29.5 Å². The van der Waals surface area contributed by atoms with Crippen molar-refractivity contribution in [1.82, 2.24) is 5.06 Å². The Morgan fingerprint density at radius 3 is 2.61 bits per heavy atom. The van der Waals surface area contributed by atoms with Crippen molar-refractivity contribution in [3.63, 3.8) is 0 Å². The normalized spacial score (nSPS) is 22.8. The fourth-order valence-corrected chi connectivity index (χ4v) is 2.54. The molecule has 2 atom stereocenters. The third-order valence-electron chi connectivity index (χ3n) is 3.56. The Hall–Kier alpha value is -1.75. The van der Waals surface area contributed by atoms with Gasteiger partial charge in [0.15, 0.2) is 0 Å². The molecule has 0 heterocycles. The van der Waals surface area contributed by atoms with Gasteiger partial charge < -0.3 is 10.5 Å². The van der Waals surface area contributed by atoms with Crippen molar-refractivity contribution in [3.05, 3.63) is 29.8 Å². The zero-order chi connectivity index (χ0) is 13.1. The first kappa shape index (κ1) is 12.7. The lowest BCUT2D eigenvalue weighted by Crippen LogP contribution is -2.39. The minimum absolute atomic E-state index is 0.172. The van der Waals surface area contributed by atoms with E-state index in [0.717, 1.165) is 25.0 Å². The SMILES string of the molecule is COc1ccc([C@@H]2CC[C@@H](N(O)C(N)=O)C2)cc1. The molecule has 1 fully saturated rings. The zero-order valence-electron chi connectivity index (χ0n) is 10.4. The summed E-state index contributed by atoms with van der Waals surface area (Å²) in [5.74, 6) is 1.18. The van der Waals surface area contributed by atoms with Crippen LogP contribution >= 0.6 is 0 Å². The number of benzene rings is 1. The maximum atomic E-state index is 10.9. The van der Waals surface area contributed by atoms with Crippen molar-refractivity contribution in [2.75, 3.05) is 7.11 Å². The van der Waals surface area contributed by atoms with Gasteiger partial charge in [0.2, 0.25) is 0 Å². The van der Waals surface area contributed by atoms with E-state index in [1.807, 2.05) is 24.3 Å². The van der Waals surface area contributed by atoms with Crippen molar-refractivity contribution >= 4 is 6.03 Å². The Bertz CT molecular complexity index is 419. The van der Waals surface area contributed by atoms with Crippen molar-refractivity contribution < 1.29 is 14.7 Å². The number of hydrogen-bond donors (Lipinski definition) is 2. The van der Waals surface area contributed by atoms with Gasteiger partial charge >= 0.3 is 6.03 Å². The molecule has 0 spiro atoms. The van der Waals surface area contributed by atoms with Crippen molar-refractivity contribution in [2.45, 2.75) is 31.2 Å². The molecule has 2 rings (SSSR count). The molecule has 98 valence electrons. The van der Waals surface area contributed by atoms with Crippen LogP contribution in [0.1, 0.15) is 30.7 Å². The number of carbonyl (C=O) groups excluding carboxylic acids is 1. The number of nitrogens with zero attached hydrogens (tertiary/aromatic N) is 1. The second-order valence-corrected chi connectivity index (χ2v) is 4.62. The van der Waals surface area contributed by atoms with Crippen LogP contribution in [0.2, 0.25) is 0 Å². The molecule has 5 heteroatoms. The Morgan fingerprint density at radius 2 is 2.06 bits per heavy atom. The van der Waals surface area contributed by atoms with Crippen LogP contribution in [0, 0.1) is 0 Å². The van der Waals surface area contributed by atoms with E-state index in [9.17, 15) is 10.0 Å². The van der Waals surface area contributed by atoms with Gasteiger partial charge in [-0.15, -0.1) is 0 Å². The lowest BCUT2D eigenvalue weighted by atomic mass is 9.97. The van der Waals surface area contributed by atoms with Crippen LogP contribution in [0.4, 0.5) is 4.79 Å². The first-order valence-corrected chi connectivity index (χ1v) is 6.03. The maximum Gasteiger partial charge on any atom is 0.338 e. The van der Waals surface area contributed by atoms with Crippen LogP contribution in [-0.2, 0) is 0 Å². The highest BCUT2D eigenvalue weighted by atomic mass is 16.5. The molecule has 2 amide bonds. The van der Waals surface area contributed by atoms with E-state index in [2.05, 4.69) is 0 Å². The van der Waals surface area contributed by atoms with Crippen LogP contribution in [0.25, 0.3) is 0 Å². The summed E-state index contributed by atoms with van der Waals surface area (Å²) in [6, 6.07) is 6.95. The summed E-state index contributed by atoms with van der Waals surface area (Å²) in [6.45, 7) is 0. The van der Waals surface area contributed by atoms with Gasteiger partial charge in [-0.05, 0) is 42.9 Å². The number of urea groups is 1. The molecule has 18 heavy (non-hydrogen) atoms. The van der Waals surface area contributed by atoms with Crippen molar-refractivity contribution in [1.29, 1.82) is 0 Å². The minimum Gasteiger partial charge on any atom is -0.497 e. The number of primary amides is 1. The molecular formula is C13H18N2O3. The lowest BCUT2D eigenvalue weighted by Gasteiger charge is -2.20. The molecule has 1 aromatic carbocycles. The Balaban J connectivity index is 2.01. The number of amides is 2. The summed E-state index contributed by atoms with van der Waals surface area (Å²) < 4.78 is 5.11. The smallest absolute Gasteiger partial charge is 0.338 e. The molecule has 1 aliphatic carbocycles. The largest absolute Gasteiger partial charge is 0.497 e. The van der Waals surface area contributed by atoms with Gasteiger partial charge in [-0.2, -0.15) is 0 Å². The number of rotatable bonds is 3. The van der Waals surface area contributed by atoms with Crippen molar-refractivity contribution in [2.24, 2.45) is 5.73 Å². The monoisotopic (exact) mass is 250 g/mol. The van der Waals surface area contributed by atoms with Gasteiger partial charge in [0.05, 0.1) is 13.2 Å². The first-order chi connectivity index (χ1) is 8.61. The summed E-state index contributed by atoms with van der Waals surface area (Å²) in [5, 5.41) is 10.2. The van der Waals surface area contributed by atoms with Crippen LogP contribution < -0.4 is 10.5 Å². The van der Waals surface area contributed by atoms with E-state index >= 15 is 0 Å². The highest BCUT2D eigenvalue weighted by Crippen LogP contribution is 2.36. The molecule has 3 N–H and O–H groups in total. The third-order valence-corrected chi connectivity index (χ3v) is 3.56. The summed E-state index contributed by atoms with van der Waals surface area (Å²) >= 11 is 0. The molecule has 1 aromatic rings. The molecule has 0 saturated heterocycles. The second kappa shape index (κ2) is 5.27. The van der Waals surface area contributed by atoms with E-state index in [-0.39, 0.29) is 6.04 Å². The molecule has 5 nitrogen and oxygen atoms in total. The Morgan fingerprint density at radius 1 is 1.39 bits per heavy atom. The summed E-state index contributed by atoms with van der Waals surface area (Å²) in [6.07, 6.45) is 2.46. The minimum atomic E-state index is -0.782. The summed E-state index contributed by atoms with van der Waals surface area (Å²) in [4.78, 5) is 10.9. The lowest BCUT2D eigenvalue weighted by molar-refractivity contribution is -0.0730. The fraction of sp³-hybridized carbons (Fsp3) is 0.462. The Kier molecular flexibility index (Phi) is 3.72. The molecule has 0 radical (unpaired) electrons. The average molecular weight is 250 g/mol. The summed E-state index contributed by atoms with van der Waals surface area (Å²) in [7, 11) is 1.64. The van der Waals surface area contributed by atoms with Gasteiger partial charge in [-0.1, -0.05) is 12.1 Å². The van der Waals surface area contributed by atoms with Crippen molar-refractivity contribution in [3.8, 4) is 5.75 Å². The topological polar surface area (TPSA) is 75.8 Å². The van der Waals surface area contributed by atoms with Crippen LogP contribution in [0.15, 0.2) is 24.3 Å². The fourth-order valence-electron chi connectivity index (χ4n) is 2.54. The van der Waals surface area contributed by atoms with Gasteiger partial charge in [0.1, 0.15) is 5.75 Å². The molecular weight excluding hydrogens is 232 g/mol. The Labute approximate surface area is 106 Å². The average Bonchev–Trinajstić information content (AvgIpc) is 2.87. The maximum absolute atomic E-state index is 10.9. The molecule has 0 aromatic heterocycles.